The molecule has 12 heavy (non-hydrogen) atoms. The minimum atomic E-state index is -0.754. The zero-order chi connectivity index (χ0) is 9.19. The van der Waals surface area contributed by atoms with Crippen molar-refractivity contribution >= 4 is 5.91 Å². The van der Waals surface area contributed by atoms with E-state index in [1.807, 2.05) is 0 Å². The molecule has 0 spiro atoms. The number of amides is 1. The first-order chi connectivity index (χ1) is 5.63. The van der Waals surface area contributed by atoms with Crippen LogP contribution in [0.2, 0.25) is 0 Å². The number of carbonyl (C=O) groups excluding carboxylic acids is 1. The highest BCUT2D eigenvalue weighted by molar-refractivity contribution is 5.96. The van der Waals surface area contributed by atoms with Crippen molar-refractivity contribution in [2.75, 3.05) is 20.8 Å². The number of nitrogens with one attached hydrogen (secondary N) is 1. The average molecular weight is 171 g/mol. The van der Waals surface area contributed by atoms with E-state index in [0.29, 0.717) is 12.2 Å². The van der Waals surface area contributed by atoms with Crippen LogP contribution >= 0.6 is 0 Å². The van der Waals surface area contributed by atoms with Crippen molar-refractivity contribution in [2.45, 2.75) is 12.6 Å². The van der Waals surface area contributed by atoms with Crippen molar-refractivity contribution in [1.82, 2.24) is 5.32 Å². The minimum Gasteiger partial charge on any atom is -0.379 e. The summed E-state index contributed by atoms with van der Waals surface area (Å²) in [4.78, 5) is 11.1. The number of methoxy groups -OCH3 is 2. The van der Waals surface area contributed by atoms with Crippen LogP contribution in [0.5, 0.6) is 0 Å². The highest BCUT2D eigenvalue weighted by Crippen LogP contribution is 2.18. The topological polar surface area (TPSA) is 47.6 Å². The first-order valence-corrected chi connectivity index (χ1v) is 3.69. The van der Waals surface area contributed by atoms with Crippen molar-refractivity contribution in [1.29, 1.82) is 0 Å². The summed E-state index contributed by atoms with van der Waals surface area (Å²) in [5, 5.41) is 2.69. The normalized spacial score (nSPS) is 28.6. The van der Waals surface area contributed by atoms with E-state index in [2.05, 4.69) is 5.32 Å². The second-order valence-corrected chi connectivity index (χ2v) is 2.81. The van der Waals surface area contributed by atoms with Gasteiger partial charge in [0.15, 0.2) is 5.72 Å². The summed E-state index contributed by atoms with van der Waals surface area (Å²) in [5.74, 6) is -0.103. The van der Waals surface area contributed by atoms with Gasteiger partial charge in [-0.15, -0.1) is 0 Å². The Morgan fingerprint density at radius 1 is 1.58 bits per heavy atom. The Bertz CT molecular complexity index is 224. The Hall–Kier alpha value is -0.870. The van der Waals surface area contributed by atoms with Crippen LogP contribution in [0.1, 0.15) is 6.92 Å². The molecule has 0 bridgehead atoms. The summed E-state index contributed by atoms with van der Waals surface area (Å²) in [6.07, 6.45) is 1.73. The molecule has 0 fully saturated rings. The van der Waals surface area contributed by atoms with Crippen LogP contribution in [-0.2, 0) is 14.3 Å². The van der Waals surface area contributed by atoms with E-state index in [1.165, 1.54) is 7.11 Å². The third-order valence-electron chi connectivity index (χ3n) is 1.86. The summed E-state index contributed by atoms with van der Waals surface area (Å²) in [6.45, 7) is 2.07. The highest BCUT2D eigenvalue weighted by Gasteiger charge is 2.35. The summed E-state index contributed by atoms with van der Waals surface area (Å²) in [6, 6.07) is 0. The Kier molecular flexibility index (Phi) is 2.49. The summed E-state index contributed by atoms with van der Waals surface area (Å²) in [7, 11) is 3.10. The van der Waals surface area contributed by atoms with E-state index in [-0.39, 0.29) is 5.91 Å². The third kappa shape index (κ3) is 1.49. The molecule has 1 unspecified atom stereocenters. The molecule has 0 aromatic rings. The van der Waals surface area contributed by atoms with Crippen LogP contribution < -0.4 is 5.32 Å². The number of carbonyl (C=O) groups is 1. The Balaban J connectivity index is 2.78. The van der Waals surface area contributed by atoms with Gasteiger partial charge in [0, 0.05) is 19.8 Å². The molecule has 0 aliphatic carbocycles. The van der Waals surface area contributed by atoms with Gasteiger partial charge in [0.05, 0.1) is 6.61 Å². The Morgan fingerprint density at radius 3 is 2.58 bits per heavy atom. The van der Waals surface area contributed by atoms with E-state index in [4.69, 9.17) is 9.47 Å². The van der Waals surface area contributed by atoms with Crippen molar-refractivity contribution in [3.63, 3.8) is 0 Å². The molecule has 1 aliphatic heterocycles. The Labute approximate surface area is 71.5 Å². The molecule has 4 heteroatoms. The average Bonchev–Trinajstić information content (AvgIpc) is 2.30. The first kappa shape index (κ1) is 9.22. The zero-order valence-electron chi connectivity index (χ0n) is 7.51. The van der Waals surface area contributed by atoms with Gasteiger partial charge in [0.1, 0.15) is 0 Å². The molecule has 1 amide bonds. The zero-order valence-corrected chi connectivity index (χ0v) is 7.51. The van der Waals surface area contributed by atoms with E-state index < -0.39 is 5.72 Å². The maximum absolute atomic E-state index is 11.1. The van der Waals surface area contributed by atoms with Crippen LogP contribution in [0.3, 0.4) is 0 Å². The van der Waals surface area contributed by atoms with Gasteiger partial charge >= 0.3 is 0 Å². The van der Waals surface area contributed by atoms with E-state index >= 15 is 0 Å². The molecule has 1 rings (SSSR count). The largest absolute Gasteiger partial charge is 0.379 e. The lowest BCUT2D eigenvalue weighted by atomic mass is 10.2. The number of rotatable bonds is 3. The standard InChI is InChI=1S/C8H13NO3/c1-6-4-8(12-3,5-11-2)9-7(6)10/h4H,5H2,1-3H3,(H,9,10). The monoisotopic (exact) mass is 171 g/mol. The van der Waals surface area contributed by atoms with E-state index in [9.17, 15) is 4.79 Å². The molecule has 0 saturated carbocycles. The number of hydrogen-bond acceptors (Lipinski definition) is 3. The molecule has 0 aromatic heterocycles. The summed E-state index contributed by atoms with van der Waals surface area (Å²) >= 11 is 0. The molecule has 0 saturated heterocycles. The summed E-state index contributed by atoms with van der Waals surface area (Å²) in [5.41, 5.74) is -0.0930. The van der Waals surface area contributed by atoms with E-state index in [1.54, 1.807) is 20.1 Å². The van der Waals surface area contributed by atoms with Crippen LogP contribution in [0.25, 0.3) is 0 Å². The minimum absolute atomic E-state index is 0.103. The van der Waals surface area contributed by atoms with Crippen molar-refractivity contribution in [3.8, 4) is 0 Å². The fourth-order valence-electron chi connectivity index (χ4n) is 1.20. The van der Waals surface area contributed by atoms with Gasteiger partial charge in [-0.2, -0.15) is 0 Å². The fraction of sp³-hybridized carbons (Fsp3) is 0.625. The van der Waals surface area contributed by atoms with Gasteiger partial charge in [-0.3, -0.25) is 4.79 Å². The molecule has 1 atom stereocenters. The van der Waals surface area contributed by atoms with Gasteiger partial charge < -0.3 is 14.8 Å². The van der Waals surface area contributed by atoms with Crippen LogP contribution in [0.4, 0.5) is 0 Å². The van der Waals surface area contributed by atoms with Crippen molar-refractivity contribution in [2.24, 2.45) is 0 Å². The third-order valence-corrected chi connectivity index (χ3v) is 1.86. The molecule has 0 radical (unpaired) electrons. The quantitative estimate of drug-likeness (QED) is 0.652. The molecule has 1 N–H and O–H groups in total. The van der Waals surface area contributed by atoms with Crippen molar-refractivity contribution in [3.05, 3.63) is 11.6 Å². The van der Waals surface area contributed by atoms with Gasteiger partial charge in [-0.05, 0) is 13.0 Å². The molecular formula is C8H13NO3. The van der Waals surface area contributed by atoms with E-state index in [0.717, 1.165) is 0 Å². The van der Waals surface area contributed by atoms with Crippen molar-refractivity contribution < 1.29 is 14.3 Å². The summed E-state index contributed by atoms with van der Waals surface area (Å²) < 4.78 is 10.1. The van der Waals surface area contributed by atoms with Gasteiger partial charge in [-0.1, -0.05) is 0 Å². The number of ether oxygens (including phenoxy) is 2. The smallest absolute Gasteiger partial charge is 0.249 e. The maximum atomic E-state index is 11.1. The predicted octanol–water partition coefficient (Wildman–Crippen LogP) is 0.0516. The first-order valence-electron chi connectivity index (χ1n) is 3.69. The molecule has 1 heterocycles. The lowest BCUT2D eigenvalue weighted by molar-refractivity contribution is -0.124. The Morgan fingerprint density at radius 2 is 2.25 bits per heavy atom. The SMILES string of the molecule is COCC1(OC)C=C(C)C(=O)N1. The van der Waals surface area contributed by atoms with Gasteiger partial charge in [0.2, 0.25) is 5.91 Å². The highest BCUT2D eigenvalue weighted by atomic mass is 16.5. The fourth-order valence-corrected chi connectivity index (χ4v) is 1.20. The van der Waals surface area contributed by atoms with Gasteiger partial charge in [-0.25, -0.2) is 0 Å². The second-order valence-electron chi connectivity index (χ2n) is 2.81. The molecule has 1 aliphatic rings. The van der Waals surface area contributed by atoms with Crippen LogP contribution in [0.15, 0.2) is 11.6 Å². The lowest BCUT2D eigenvalue weighted by Crippen LogP contribution is -2.47. The second kappa shape index (κ2) is 3.25. The molecular weight excluding hydrogens is 158 g/mol. The van der Waals surface area contributed by atoms with Gasteiger partial charge in [0.25, 0.3) is 0 Å². The number of hydrogen-bond donors (Lipinski definition) is 1. The molecule has 0 aromatic carbocycles. The molecule has 68 valence electrons. The van der Waals surface area contributed by atoms with Crippen LogP contribution in [-0.4, -0.2) is 32.5 Å². The predicted molar refractivity (Wildman–Crippen MR) is 43.5 cm³/mol. The van der Waals surface area contributed by atoms with Crippen LogP contribution in [0, 0.1) is 0 Å². The lowest BCUT2D eigenvalue weighted by Gasteiger charge is -2.24. The molecule has 4 nitrogen and oxygen atoms in total. The maximum Gasteiger partial charge on any atom is 0.249 e.